The molecule has 52 heavy (non-hydrogen) atoms. The van der Waals surface area contributed by atoms with E-state index in [0.717, 1.165) is 25.1 Å². The Kier molecular flexibility index (Phi) is 19.6. The molecule has 0 unspecified atom stereocenters. The van der Waals surface area contributed by atoms with E-state index in [9.17, 15) is 9.59 Å². The minimum Gasteiger partial charge on any atom is -0.460 e. The number of hydrogen-bond donors (Lipinski definition) is 2. The van der Waals surface area contributed by atoms with Crippen LogP contribution in [0.1, 0.15) is 47.2 Å². The average molecular weight is 723 g/mol. The molecule has 0 radical (unpaired) electrons. The minimum absolute atomic E-state index is 0.0337. The van der Waals surface area contributed by atoms with E-state index in [4.69, 9.17) is 37.9 Å². The smallest absolute Gasteiger partial charge is 0.407 e. The van der Waals surface area contributed by atoms with Crippen LogP contribution in [0.5, 0.6) is 0 Å². The second kappa shape index (κ2) is 25.0. The van der Waals surface area contributed by atoms with E-state index in [2.05, 4.69) is 41.8 Å². The van der Waals surface area contributed by atoms with Crippen LogP contribution >= 0.6 is 0 Å². The Morgan fingerprint density at radius 2 is 1.04 bits per heavy atom. The first kappa shape index (κ1) is 40.7. The molecule has 12 heteroatoms. The van der Waals surface area contributed by atoms with Crippen molar-refractivity contribution in [1.82, 2.24) is 5.32 Å². The molecular formula is C40H54N2O10. The summed E-state index contributed by atoms with van der Waals surface area (Å²) in [6.45, 7) is 8.97. The van der Waals surface area contributed by atoms with Crippen molar-refractivity contribution in [2.45, 2.75) is 25.7 Å². The summed E-state index contributed by atoms with van der Waals surface area (Å²) in [5, 5.41) is 6.06. The van der Waals surface area contributed by atoms with Crippen LogP contribution in [0.4, 0.5) is 10.5 Å². The lowest BCUT2D eigenvalue weighted by atomic mass is 9.98. The predicted molar refractivity (Wildman–Crippen MR) is 198 cm³/mol. The predicted octanol–water partition coefficient (Wildman–Crippen LogP) is 5.69. The summed E-state index contributed by atoms with van der Waals surface area (Å²) in [4.78, 5) is 24.4. The fourth-order valence-electron chi connectivity index (χ4n) is 5.49. The molecule has 0 atom stereocenters. The lowest BCUT2D eigenvalue weighted by molar-refractivity contribution is -0.0192. The van der Waals surface area contributed by atoms with Gasteiger partial charge < -0.3 is 48.5 Å². The summed E-state index contributed by atoms with van der Waals surface area (Å²) in [6.07, 6.45) is 1.78. The zero-order chi connectivity index (χ0) is 36.5. The van der Waals surface area contributed by atoms with Crippen molar-refractivity contribution in [1.29, 1.82) is 0 Å². The van der Waals surface area contributed by atoms with Crippen LogP contribution in [-0.4, -0.2) is 118 Å². The first-order chi connectivity index (χ1) is 25.7. The monoisotopic (exact) mass is 722 g/mol. The first-order valence-corrected chi connectivity index (χ1v) is 18.2. The molecule has 284 valence electrons. The standard InChI is InChI=1S/C40H54N2O10/c1-2-3-16-41-33-14-12-32(13-15-33)39(43)51-30-29-50-28-27-49-26-25-48-24-23-47-22-21-46-20-19-45-18-17-42-40(44)52-31-38-36-10-6-4-8-34(36)35-9-5-7-11-37(35)38/h4-15,38,41H,2-3,16-31H2,1H3,(H,42,44). The first-order valence-electron chi connectivity index (χ1n) is 18.2. The van der Waals surface area contributed by atoms with Crippen molar-refractivity contribution in [2.24, 2.45) is 0 Å². The fraction of sp³-hybridized carbons (Fsp3) is 0.500. The van der Waals surface area contributed by atoms with Crippen LogP contribution in [-0.2, 0) is 37.9 Å². The molecular weight excluding hydrogens is 668 g/mol. The summed E-state index contributed by atoms with van der Waals surface area (Å²) < 4.78 is 43.8. The fourth-order valence-corrected chi connectivity index (χ4v) is 5.49. The van der Waals surface area contributed by atoms with Gasteiger partial charge in [0.15, 0.2) is 0 Å². The number of carbonyl (C=O) groups excluding carboxylic acids is 2. The number of hydrogen-bond acceptors (Lipinski definition) is 11. The highest BCUT2D eigenvalue weighted by Gasteiger charge is 2.28. The number of esters is 1. The molecule has 1 amide bonds. The molecule has 1 aliphatic carbocycles. The van der Waals surface area contributed by atoms with E-state index < -0.39 is 6.09 Å². The number of unbranched alkanes of at least 4 members (excludes halogenated alkanes) is 1. The van der Waals surface area contributed by atoms with E-state index in [1.54, 1.807) is 12.1 Å². The van der Waals surface area contributed by atoms with E-state index >= 15 is 0 Å². The number of anilines is 1. The number of rotatable bonds is 28. The number of alkyl carbamates (subject to hydrolysis) is 1. The van der Waals surface area contributed by atoms with E-state index in [-0.39, 0.29) is 25.1 Å². The Morgan fingerprint density at radius 3 is 1.56 bits per heavy atom. The van der Waals surface area contributed by atoms with Gasteiger partial charge in [-0.05, 0) is 52.9 Å². The highest BCUT2D eigenvalue weighted by atomic mass is 16.6. The molecule has 0 saturated carbocycles. The molecule has 4 rings (SSSR count). The lowest BCUT2D eigenvalue weighted by Gasteiger charge is -2.14. The van der Waals surface area contributed by atoms with Crippen molar-refractivity contribution < 1.29 is 47.5 Å². The lowest BCUT2D eigenvalue weighted by Crippen LogP contribution is -2.29. The van der Waals surface area contributed by atoms with Gasteiger partial charge in [0.1, 0.15) is 13.2 Å². The van der Waals surface area contributed by atoms with Crippen LogP contribution in [0.3, 0.4) is 0 Å². The van der Waals surface area contributed by atoms with Gasteiger partial charge in [-0.3, -0.25) is 0 Å². The van der Waals surface area contributed by atoms with Gasteiger partial charge >= 0.3 is 12.1 Å². The maximum atomic E-state index is 12.2. The van der Waals surface area contributed by atoms with Gasteiger partial charge in [-0.2, -0.15) is 0 Å². The molecule has 0 aliphatic heterocycles. The van der Waals surface area contributed by atoms with Crippen molar-refractivity contribution in [2.75, 3.05) is 111 Å². The third-order valence-corrected chi connectivity index (χ3v) is 8.16. The second-order valence-electron chi connectivity index (χ2n) is 11.9. The maximum absolute atomic E-state index is 12.2. The van der Waals surface area contributed by atoms with Crippen LogP contribution in [0, 0.1) is 0 Å². The molecule has 0 spiro atoms. The van der Waals surface area contributed by atoms with E-state index in [1.807, 2.05) is 36.4 Å². The van der Waals surface area contributed by atoms with Gasteiger partial charge in [0.05, 0.1) is 84.8 Å². The number of benzene rings is 3. The molecule has 2 N–H and O–H groups in total. The van der Waals surface area contributed by atoms with Crippen LogP contribution < -0.4 is 10.6 Å². The quantitative estimate of drug-likeness (QED) is 0.0708. The Morgan fingerprint density at radius 1 is 0.558 bits per heavy atom. The number of nitrogens with one attached hydrogen (secondary N) is 2. The molecule has 3 aromatic carbocycles. The Balaban J connectivity index is 0.847. The van der Waals surface area contributed by atoms with Gasteiger partial charge in [0, 0.05) is 24.7 Å². The third kappa shape index (κ3) is 14.9. The van der Waals surface area contributed by atoms with Crippen molar-refractivity contribution in [3.05, 3.63) is 89.5 Å². The largest absolute Gasteiger partial charge is 0.460 e. The van der Waals surface area contributed by atoms with Crippen LogP contribution in [0.2, 0.25) is 0 Å². The van der Waals surface area contributed by atoms with E-state index in [1.165, 1.54) is 22.3 Å². The Labute approximate surface area is 307 Å². The van der Waals surface area contributed by atoms with Crippen LogP contribution in [0.25, 0.3) is 11.1 Å². The normalized spacial score (nSPS) is 11.9. The van der Waals surface area contributed by atoms with Gasteiger partial charge in [0.2, 0.25) is 0 Å². The van der Waals surface area contributed by atoms with Gasteiger partial charge in [-0.25, -0.2) is 9.59 Å². The van der Waals surface area contributed by atoms with Crippen LogP contribution in [0.15, 0.2) is 72.8 Å². The summed E-state index contributed by atoms with van der Waals surface area (Å²) in [6, 6.07) is 23.8. The summed E-state index contributed by atoms with van der Waals surface area (Å²) in [7, 11) is 0. The maximum Gasteiger partial charge on any atom is 0.407 e. The summed E-state index contributed by atoms with van der Waals surface area (Å²) in [5.74, 6) is -0.332. The highest BCUT2D eigenvalue weighted by molar-refractivity contribution is 5.89. The number of carbonyl (C=O) groups is 2. The molecule has 0 saturated heterocycles. The highest BCUT2D eigenvalue weighted by Crippen LogP contribution is 2.44. The summed E-state index contributed by atoms with van der Waals surface area (Å²) >= 11 is 0. The zero-order valence-corrected chi connectivity index (χ0v) is 30.3. The average Bonchev–Trinajstić information content (AvgIpc) is 3.49. The molecule has 0 aromatic heterocycles. The molecule has 1 aliphatic rings. The van der Waals surface area contributed by atoms with Crippen molar-refractivity contribution in [3.8, 4) is 11.1 Å². The van der Waals surface area contributed by atoms with E-state index in [0.29, 0.717) is 91.4 Å². The van der Waals surface area contributed by atoms with Crippen molar-refractivity contribution in [3.63, 3.8) is 0 Å². The third-order valence-electron chi connectivity index (χ3n) is 8.16. The topological polar surface area (TPSA) is 132 Å². The molecule has 0 heterocycles. The van der Waals surface area contributed by atoms with Gasteiger partial charge in [-0.1, -0.05) is 61.9 Å². The molecule has 3 aromatic rings. The number of ether oxygens (including phenoxy) is 8. The minimum atomic E-state index is -0.456. The SMILES string of the molecule is CCCCNc1ccc(C(=O)OCCOCCOCCOCCOCCOCCOCCNC(=O)OCC2c3ccccc3-c3ccccc32)cc1. The number of amides is 1. The van der Waals surface area contributed by atoms with Crippen molar-refractivity contribution >= 4 is 17.7 Å². The second-order valence-corrected chi connectivity index (χ2v) is 11.9. The zero-order valence-electron chi connectivity index (χ0n) is 30.3. The summed E-state index contributed by atoms with van der Waals surface area (Å²) in [5.41, 5.74) is 6.27. The van der Waals surface area contributed by atoms with Gasteiger partial charge in [0.25, 0.3) is 0 Å². The Hall–Kier alpha value is -4.04. The number of fused-ring (bicyclic) bond motifs is 3. The molecule has 12 nitrogen and oxygen atoms in total. The molecule has 0 bridgehead atoms. The Bertz CT molecular complexity index is 1390. The molecule has 0 fully saturated rings. The van der Waals surface area contributed by atoms with Gasteiger partial charge in [-0.15, -0.1) is 0 Å².